The van der Waals surface area contributed by atoms with Crippen molar-refractivity contribution in [3.63, 3.8) is 0 Å². The number of aliphatic hydroxyl groups excluding tert-OH is 1. The van der Waals surface area contributed by atoms with E-state index in [2.05, 4.69) is 6.58 Å². The smallest absolute Gasteiger partial charge is 0.140 e. The van der Waals surface area contributed by atoms with E-state index in [0.717, 1.165) is 0 Å². The molecule has 0 amide bonds. The van der Waals surface area contributed by atoms with E-state index in [1.165, 1.54) is 0 Å². The summed E-state index contributed by atoms with van der Waals surface area (Å²) in [6.45, 7) is 2.97. The van der Waals surface area contributed by atoms with Gasteiger partial charge in [0.2, 0.25) is 0 Å². The fraction of sp³-hybridized carbons (Fsp3) is 0. The lowest BCUT2D eigenvalue weighted by atomic mass is 10.1. The van der Waals surface area contributed by atoms with Crippen LogP contribution in [-0.2, 0) is 0 Å². The van der Waals surface area contributed by atoms with Gasteiger partial charge in [0.05, 0.1) is 5.56 Å². The van der Waals surface area contributed by atoms with Crippen LogP contribution in [0, 0.1) is 11.6 Å². The molecule has 0 aliphatic rings. The molecule has 0 saturated carbocycles. The molecule has 0 bridgehead atoms. The summed E-state index contributed by atoms with van der Waals surface area (Å²) in [5, 5.41) is 17.4. The number of aliphatic hydroxyl groups is 1. The first kappa shape index (κ1) is 8.52. The van der Waals surface area contributed by atoms with Gasteiger partial charge in [-0.3, -0.25) is 0 Å². The molecule has 0 saturated heterocycles. The zero-order chi connectivity index (χ0) is 9.30. The Morgan fingerprint density at radius 3 is 2.00 bits per heavy atom. The summed E-state index contributed by atoms with van der Waals surface area (Å²) in [6.07, 6.45) is 0. The van der Waals surface area contributed by atoms with Gasteiger partial charge in [-0.2, -0.15) is 0 Å². The molecule has 1 rings (SSSR count). The minimum Gasteiger partial charge on any atom is -0.508 e. The number of benzene rings is 1. The molecule has 0 aliphatic carbocycles. The molecule has 4 heteroatoms. The lowest BCUT2D eigenvalue weighted by Crippen LogP contribution is -1.93. The highest BCUT2D eigenvalue weighted by atomic mass is 19.1. The van der Waals surface area contributed by atoms with E-state index < -0.39 is 28.7 Å². The maximum absolute atomic E-state index is 12.7. The molecule has 1 aromatic rings. The Hall–Kier alpha value is -1.58. The highest BCUT2D eigenvalue weighted by Crippen LogP contribution is 2.23. The van der Waals surface area contributed by atoms with Crippen LogP contribution >= 0.6 is 0 Å². The summed E-state index contributed by atoms with van der Waals surface area (Å²) in [6, 6.07) is 1.39. The Bertz CT molecular complexity index is 311. The van der Waals surface area contributed by atoms with E-state index in [-0.39, 0.29) is 0 Å². The van der Waals surface area contributed by atoms with Gasteiger partial charge < -0.3 is 10.2 Å². The average Bonchev–Trinajstić information content (AvgIpc) is 1.82. The third-order valence-corrected chi connectivity index (χ3v) is 1.32. The average molecular weight is 172 g/mol. The minimum atomic E-state index is -1.04. The largest absolute Gasteiger partial charge is 0.508 e. The first-order valence-corrected chi connectivity index (χ1v) is 3.08. The van der Waals surface area contributed by atoms with Crippen LogP contribution in [0.2, 0.25) is 0 Å². The molecule has 1 aromatic carbocycles. The number of halogens is 2. The minimum absolute atomic E-state index is 0.532. The SMILES string of the molecule is C=C(O)c1c(F)cc(O)cc1F. The highest BCUT2D eigenvalue weighted by Gasteiger charge is 2.12. The van der Waals surface area contributed by atoms with Crippen LogP contribution in [0.15, 0.2) is 18.7 Å². The van der Waals surface area contributed by atoms with E-state index >= 15 is 0 Å². The summed E-state index contributed by atoms with van der Waals surface area (Å²) in [4.78, 5) is 0. The molecule has 0 spiro atoms. The molecule has 0 heterocycles. The second-order valence-corrected chi connectivity index (χ2v) is 2.23. The van der Waals surface area contributed by atoms with Gasteiger partial charge >= 0.3 is 0 Å². The van der Waals surface area contributed by atoms with Crippen molar-refractivity contribution in [2.24, 2.45) is 0 Å². The molecular weight excluding hydrogens is 166 g/mol. The lowest BCUT2D eigenvalue weighted by Gasteiger charge is -2.02. The first-order chi connectivity index (χ1) is 5.52. The third kappa shape index (κ3) is 1.37. The summed E-state index contributed by atoms with van der Waals surface area (Å²) >= 11 is 0. The Kier molecular flexibility index (Phi) is 1.99. The van der Waals surface area contributed by atoms with Crippen molar-refractivity contribution < 1.29 is 19.0 Å². The van der Waals surface area contributed by atoms with Crippen molar-refractivity contribution in [1.82, 2.24) is 0 Å². The summed E-state index contributed by atoms with van der Waals surface area (Å²) < 4.78 is 25.5. The molecule has 2 nitrogen and oxygen atoms in total. The summed E-state index contributed by atoms with van der Waals surface area (Å²) in [5.41, 5.74) is -0.618. The van der Waals surface area contributed by atoms with Crippen molar-refractivity contribution in [3.8, 4) is 5.75 Å². The van der Waals surface area contributed by atoms with Gasteiger partial charge in [0.25, 0.3) is 0 Å². The number of phenols is 1. The van der Waals surface area contributed by atoms with Crippen LogP contribution in [0.5, 0.6) is 5.75 Å². The van der Waals surface area contributed by atoms with Crippen molar-refractivity contribution in [1.29, 1.82) is 0 Å². The van der Waals surface area contributed by atoms with E-state index in [4.69, 9.17) is 10.2 Å². The Labute approximate surface area is 67.4 Å². The molecule has 0 unspecified atom stereocenters. The topological polar surface area (TPSA) is 40.5 Å². The molecule has 0 aliphatic heterocycles. The van der Waals surface area contributed by atoms with Crippen molar-refractivity contribution >= 4 is 5.76 Å². The maximum atomic E-state index is 12.7. The van der Waals surface area contributed by atoms with Gasteiger partial charge in [-0.05, 0) is 0 Å². The van der Waals surface area contributed by atoms with E-state index in [0.29, 0.717) is 12.1 Å². The highest BCUT2D eigenvalue weighted by molar-refractivity contribution is 5.58. The van der Waals surface area contributed by atoms with Crippen LogP contribution in [0.1, 0.15) is 5.56 Å². The zero-order valence-electron chi connectivity index (χ0n) is 6.01. The molecule has 64 valence electrons. The summed E-state index contributed by atoms with van der Waals surface area (Å²) in [7, 11) is 0. The van der Waals surface area contributed by atoms with Gasteiger partial charge in [-0.1, -0.05) is 6.58 Å². The van der Waals surface area contributed by atoms with Gasteiger partial charge in [0, 0.05) is 12.1 Å². The molecule has 0 atom stereocenters. The van der Waals surface area contributed by atoms with E-state index in [1.54, 1.807) is 0 Å². The fourth-order valence-corrected chi connectivity index (χ4v) is 0.835. The maximum Gasteiger partial charge on any atom is 0.140 e. The van der Waals surface area contributed by atoms with Crippen molar-refractivity contribution in [2.75, 3.05) is 0 Å². The quantitative estimate of drug-likeness (QED) is 0.637. The Balaban J connectivity index is 3.38. The Morgan fingerprint density at radius 2 is 1.67 bits per heavy atom. The fourth-order valence-electron chi connectivity index (χ4n) is 0.835. The Morgan fingerprint density at radius 1 is 1.25 bits per heavy atom. The van der Waals surface area contributed by atoms with E-state index in [9.17, 15) is 8.78 Å². The number of aromatic hydroxyl groups is 1. The second-order valence-electron chi connectivity index (χ2n) is 2.23. The standard InChI is InChI=1S/C8H6F2O2/c1-4(11)8-6(9)2-5(12)3-7(8)10/h2-3,11-12H,1H2. The molecular formula is C8H6F2O2. The molecule has 0 fully saturated rings. The molecule has 0 aromatic heterocycles. The first-order valence-electron chi connectivity index (χ1n) is 3.08. The lowest BCUT2D eigenvalue weighted by molar-refractivity contribution is 0.453. The molecule has 12 heavy (non-hydrogen) atoms. The van der Waals surface area contributed by atoms with Gasteiger partial charge in [-0.15, -0.1) is 0 Å². The number of hydrogen-bond acceptors (Lipinski definition) is 2. The van der Waals surface area contributed by atoms with Crippen LogP contribution in [0.25, 0.3) is 5.76 Å². The van der Waals surface area contributed by atoms with Crippen LogP contribution in [-0.4, -0.2) is 10.2 Å². The predicted molar refractivity (Wildman–Crippen MR) is 39.7 cm³/mol. The van der Waals surface area contributed by atoms with Gasteiger partial charge in [0.15, 0.2) is 0 Å². The molecule has 2 N–H and O–H groups in total. The number of hydrogen-bond donors (Lipinski definition) is 2. The molecule has 0 radical (unpaired) electrons. The van der Waals surface area contributed by atoms with E-state index in [1.807, 2.05) is 0 Å². The van der Waals surface area contributed by atoms with Crippen molar-refractivity contribution in [3.05, 3.63) is 35.9 Å². The van der Waals surface area contributed by atoms with Gasteiger partial charge in [0.1, 0.15) is 23.1 Å². The van der Waals surface area contributed by atoms with Crippen molar-refractivity contribution in [2.45, 2.75) is 0 Å². The zero-order valence-corrected chi connectivity index (χ0v) is 6.01. The third-order valence-electron chi connectivity index (χ3n) is 1.32. The number of phenolic OH excluding ortho intramolecular Hbond substituents is 1. The van der Waals surface area contributed by atoms with Gasteiger partial charge in [-0.25, -0.2) is 8.78 Å². The monoisotopic (exact) mass is 172 g/mol. The van der Waals surface area contributed by atoms with Crippen LogP contribution < -0.4 is 0 Å². The summed E-state index contributed by atoms with van der Waals surface area (Å²) in [5.74, 6) is -3.32. The normalized spacial score (nSPS) is 9.83. The number of rotatable bonds is 1. The van der Waals surface area contributed by atoms with Crippen LogP contribution in [0.3, 0.4) is 0 Å². The predicted octanol–water partition coefficient (Wildman–Crippen LogP) is 2.20. The second kappa shape index (κ2) is 2.81. The van der Waals surface area contributed by atoms with Crippen LogP contribution in [0.4, 0.5) is 8.78 Å².